The molecule has 33 heavy (non-hydrogen) atoms. The average Bonchev–Trinajstić information content (AvgIpc) is 2.71. The van der Waals surface area contributed by atoms with Crippen molar-refractivity contribution in [3.8, 4) is 0 Å². The highest BCUT2D eigenvalue weighted by Crippen LogP contribution is 2.04. The molecule has 15 N–H and O–H groups in total. The van der Waals surface area contributed by atoms with Crippen molar-refractivity contribution < 1.29 is 19.2 Å². The molecule has 0 spiro atoms. The van der Waals surface area contributed by atoms with Crippen LogP contribution in [-0.2, 0) is 19.2 Å². The predicted molar refractivity (Wildman–Crippen MR) is 124 cm³/mol. The Labute approximate surface area is 192 Å². The number of nitrogens with two attached hydrogens (primary N) is 6. The summed E-state index contributed by atoms with van der Waals surface area (Å²) in [5, 5.41) is 7.56. The molecule has 15 heteroatoms. The van der Waals surface area contributed by atoms with Crippen LogP contribution in [0, 0.1) is 0 Å². The van der Waals surface area contributed by atoms with Crippen molar-refractivity contribution in [1.29, 1.82) is 0 Å². The molecule has 0 aromatic heterocycles. The number of carbonyl (C=O) groups excluding carboxylic acids is 4. The summed E-state index contributed by atoms with van der Waals surface area (Å²) in [6.45, 7) is 3.33. The first-order valence-corrected chi connectivity index (χ1v) is 10.4. The van der Waals surface area contributed by atoms with Gasteiger partial charge < -0.3 is 50.4 Å². The van der Waals surface area contributed by atoms with E-state index in [0.717, 1.165) is 0 Å². The number of hydrogen-bond donors (Lipinski definition) is 9. The Balaban J connectivity index is 5.41. The van der Waals surface area contributed by atoms with E-state index in [0.29, 0.717) is 12.8 Å². The van der Waals surface area contributed by atoms with Crippen LogP contribution in [0.3, 0.4) is 0 Å². The zero-order chi connectivity index (χ0) is 25.6. The second-order valence-corrected chi connectivity index (χ2v) is 7.44. The normalized spacial score (nSPS) is 14.0. The first-order chi connectivity index (χ1) is 15.3. The molecule has 0 aliphatic carbocycles. The van der Waals surface area contributed by atoms with Crippen LogP contribution in [0.5, 0.6) is 0 Å². The van der Waals surface area contributed by atoms with E-state index in [4.69, 9.17) is 34.4 Å². The number of primary amides is 1. The fourth-order valence-corrected chi connectivity index (χ4v) is 2.51. The van der Waals surface area contributed by atoms with E-state index in [9.17, 15) is 19.2 Å². The number of nitrogens with zero attached hydrogens (tertiary/aromatic N) is 2. The highest BCUT2D eigenvalue weighted by Gasteiger charge is 2.28. The maximum Gasteiger partial charge on any atom is 0.243 e. The third-order valence-electron chi connectivity index (χ3n) is 4.36. The van der Waals surface area contributed by atoms with Gasteiger partial charge in [-0.15, -0.1) is 0 Å². The molecule has 0 unspecified atom stereocenters. The number of rotatable bonds is 15. The van der Waals surface area contributed by atoms with Crippen LogP contribution in [0.1, 0.15) is 39.5 Å². The fraction of sp³-hybridized carbons (Fsp3) is 0.667. The van der Waals surface area contributed by atoms with Crippen LogP contribution in [-0.4, -0.2) is 72.8 Å². The molecular formula is C18H37N11O4. The van der Waals surface area contributed by atoms with Crippen LogP contribution >= 0.6 is 0 Å². The van der Waals surface area contributed by atoms with Crippen LogP contribution in [0.25, 0.3) is 0 Å². The van der Waals surface area contributed by atoms with Crippen molar-refractivity contribution in [2.75, 3.05) is 13.1 Å². The average molecular weight is 472 g/mol. The standard InChI is InChI=1S/C18H37N11O4/c1-9(19)14(31)28-12(6-4-8-26-18(23)24)16(33)29-11(5-3-7-25-17(21)22)15(32)27-10(2)13(20)30/h9-12H,3-8,19H2,1-2H3,(H2,20,30)(H,27,32)(H,28,31)(H,29,33)(H4,21,22,25)(H4,23,24,26)/t9-,10-,11-,12-/m0/s1. The van der Waals surface area contributed by atoms with Crippen LogP contribution in [0.15, 0.2) is 9.98 Å². The van der Waals surface area contributed by atoms with Gasteiger partial charge in [-0.05, 0) is 39.5 Å². The third-order valence-corrected chi connectivity index (χ3v) is 4.36. The lowest BCUT2D eigenvalue weighted by atomic mass is 10.1. The van der Waals surface area contributed by atoms with Gasteiger partial charge in [0.2, 0.25) is 23.6 Å². The number of aliphatic imine (C=N–C) groups is 2. The van der Waals surface area contributed by atoms with E-state index >= 15 is 0 Å². The van der Waals surface area contributed by atoms with Gasteiger partial charge in [-0.25, -0.2) is 0 Å². The molecule has 0 heterocycles. The van der Waals surface area contributed by atoms with Gasteiger partial charge in [0.1, 0.15) is 18.1 Å². The lowest BCUT2D eigenvalue weighted by Crippen LogP contribution is -2.57. The Bertz CT molecular complexity index is 731. The van der Waals surface area contributed by atoms with E-state index < -0.39 is 47.8 Å². The van der Waals surface area contributed by atoms with Crippen molar-refractivity contribution in [3.63, 3.8) is 0 Å². The van der Waals surface area contributed by atoms with Gasteiger partial charge in [0, 0.05) is 13.1 Å². The Morgan fingerprint density at radius 2 is 1.09 bits per heavy atom. The second-order valence-electron chi connectivity index (χ2n) is 7.44. The summed E-state index contributed by atoms with van der Waals surface area (Å²) in [5.74, 6) is -2.75. The fourth-order valence-electron chi connectivity index (χ4n) is 2.51. The molecule has 0 fully saturated rings. The zero-order valence-electron chi connectivity index (χ0n) is 19.0. The molecule has 0 aliphatic rings. The Morgan fingerprint density at radius 1 is 0.697 bits per heavy atom. The van der Waals surface area contributed by atoms with E-state index in [1.165, 1.54) is 13.8 Å². The number of hydrogen-bond acceptors (Lipinski definition) is 7. The van der Waals surface area contributed by atoms with Crippen LogP contribution in [0.4, 0.5) is 0 Å². The molecule has 0 rings (SSSR count). The largest absolute Gasteiger partial charge is 0.370 e. The van der Waals surface area contributed by atoms with Gasteiger partial charge in [-0.3, -0.25) is 29.2 Å². The topological polar surface area (TPSA) is 285 Å². The van der Waals surface area contributed by atoms with Gasteiger partial charge in [-0.2, -0.15) is 0 Å². The molecule has 4 atom stereocenters. The number of guanidine groups is 2. The first kappa shape index (κ1) is 29.4. The quantitative estimate of drug-likeness (QED) is 0.0629. The summed E-state index contributed by atoms with van der Waals surface area (Å²) in [5.41, 5.74) is 31.9. The zero-order valence-corrected chi connectivity index (χ0v) is 19.0. The molecule has 0 saturated heterocycles. The molecule has 0 aromatic carbocycles. The second kappa shape index (κ2) is 15.2. The highest BCUT2D eigenvalue weighted by atomic mass is 16.2. The summed E-state index contributed by atoms with van der Waals surface area (Å²) in [6, 6.07) is -3.85. The minimum atomic E-state index is -1.04. The summed E-state index contributed by atoms with van der Waals surface area (Å²) in [4.78, 5) is 56.6. The maximum absolute atomic E-state index is 12.9. The van der Waals surface area contributed by atoms with Crippen molar-refractivity contribution in [2.24, 2.45) is 44.4 Å². The lowest BCUT2D eigenvalue weighted by molar-refractivity contribution is -0.133. The van der Waals surface area contributed by atoms with Gasteiger partial charge in [0.25, 0.3) is 0 Å². The molecule has 0 aromatic rings. The Kier molecular flexibility index (Phi) is 13.6. The molecule has 15 nitrogen and oxygen atoms in total. The molecule has 0 bridgehead atoms. The Hall–Kier alpha value is -3.62. The van der Waals surface area contributed by atoms with Gasteiger partial charge in [0.15, 0.2) is 11.9 Å². The Morgan fingerprint density at radius 3 is 1.45 bits per heavy atom. The molecule has 4 amide bonds. The molecular weight excluding hydrogens is 434 g/mol. The van der Waals surface area contributed by atoms with Crippen molar-refractivity contribution >= 4 is 35.5 Å². The highest BCUT2D eigenvalue weighted by molar-refractivity contribution is 5.94. The van der Waals surface area contributed by atoms with E-state index in [1.54, 1.807) is 0 Å². The maximum atomic E-state index is 12.9. The van der Waals surface area contributed by atoms with Crippen molar-refractivity contribution in [3.05, 3.63) is 0 Å². The summed E-state index contributed by atoms with van der Waals surface area (Å²) in [7, 11) is 0. The minimum Gasteiger partial charge on any atom is -0.370 e. The number of nitrogens with one attached hydrogen (secondary N) is 3. The molecule has 0 radical (unpaired) electrons. The summed E-state index contributed by atoms with van der Waals surface area (Å²) in [6.07, 6.45) is 1.06. The SMILES string of the molecule is C[C@H](N)C(=O)N[C@@H](CCCN=C(N)N)C(=O)N[C@@H](CCCN=C(N)N)C(=O)N[C@@H](C)C(N)=O. The van der Waals surface area contributed by atoms with Crippen molar-refractivity contribution in [2.45, 2.75) is 63.7 Å². The smallest absolute Gasteiger partial charge is 0.243 e. The van der Waals surface area contributed by atoms with Crippen molar-refractivity contribution in [1.82, 2.24) is 16.0 Å². The van der Waals surface area contributed by atoms with E-state index in [2.05, 4.69) is 25.9 Å². The van der Waals surface area contributed by atoms with E-state index in [-0.39, 0.29) is 37.9 Å². The number of amides is 4. The van der Waals surface area contributed by atoms with E-state index in [1.807, 2.05) is 0 Å². The summed E-state index contributed by atoms with van der Waals surface area (Å²) >= 11 is 0. The van der Waals surface area contributed by atoms with Crippen LogP contribution < -0.4 is 50.4 Å². The van der Waals surface area contributed by atoms with Gasteiger partial charge >= 0.3 is 0 Å². The van der Waals surface area contributed by atoms with Crippen LogP contribution in [0.2, 0.25) is 0 Å². The third kappa shape index (κ3) is 13.4. The molecule has 188 valence electrons. The predicted octanol–water partition coefficient (Wildman–Crippen LogP) is -4.60. The molecule has 0 saturated carbocycles. The van der Waals surface area contributed by atoms with Gasteiger partial charge in [-0.1, -0.05) is 0 Å². The lowest BCUT2D eigenvalue weighted by Gasteiger charge is -2.24. The molecule has 0 aliphatic heterocycles. The summed E-state index contributed by atoms with van der Waals surface area (Å²) < 4.78 is 0. The van der Waals surface area contributed by atoms with Gasteiger partial charge in [0.05, 0.1) is 6.04 Å². The monoisotopic (exact) mass is 471 g/mol. The minimum absolute atomic E-state index is 0.100. The first-order valence-electron chi connectivity index (χ1n) is 10.4. The number of carbonyl (C=O) groups is 4.